The first-order valence-corrected chi connectivity index (χ1v) is 8.28. The summed E-state index contributed by atoms with van der Waals surface area (Å²) in [4.78, 5) is 14.3. The summed E-state index contributed by atoms with van der Waals surface area (Å²) in [6.07, 6.45) is 2.00. The van der Waals surface area contributed by atoms with Gasteiger partial charge in [-0.1, -0.05) is 29.8 Å². The maximum Gasteiger partial charge on any atom is 0.264 e. The molecule has 0 atom stereocenters. The number of halogens is 2. The Balaban J connectivity index is 1.70. The first-order valence-electron chi connectivity index (χ1n) is 7.11. The van der Waals surface area contributed by atoms with Crippen molar-refractivity contribution in [2.45, 2.75) is 12.8 Å². The lowest BCUT2D eigenvalue weighted by Gasteiger charge is -2.29. The third-order valence-corrected chi connectivity index (χ3v) is 4.51. The number of aryl methyl sites for hydroxylation is 1. The number of hydrogen-bond donors (Lipinski definition) is 0. The van der Waals surface area contributed by atoms with Crippen LogP contribution in [0, 0.1) is 0 Å². The van der Waals surface area contributed by atoms with E-state index in [9.17, 15) is 4.79 Å². The molecule has 1 aliphatic heterocycles. The fourth-order valence-electron chi connectivity index (χ4n) is 2.60. The third-order valence-electron chi connectivity index (χ3n) is 3.66. The largest absolute Gasteiger partial charge is 0.483 e. The monoisotopic (exact) mass is 379 g/mol. The van der Waals surface area contributed by atoms with Crippen LogP contribution in [0.1, 0.15) is 12.0 Å². The van der Waals surface area contributed by atoms with Crippen LogP contribution < -0.4 is 9.64 Å². The van der Waals surface area contributed by atoms with E-state index in [1.807, 2.05) is 23.1 Å². The summed E-state index contributed by atoms with van der Waals surface area (Å²) in [5.41, 5.74) is 2.22. The van der Waals surface area contributed by atoms with Crippen molar-refractivity contribution >= 4 is 39.1 Å². The average Bonchev–Trinajstić information content (AvgIpc) is 2.53. The summed E-state index contributed by atoms with van der Waals surface area (Å²) >= 11 is 9.28. The first-order chi connectivity index (χ1) is 10.6. The molecule has 0 saturated heterocycles. The van der Waals surface area contributed by atoms with E-state index in [4.69, 9.17) is 16.3 Å². The molecule has 2 aromatic rings. The van der Waals surface area contributed by atoms with Gasteiger partial charge in [0.25, 0.3) is 5.91 Å². The molecule has 114 valence electrons. The molecule has 0 bridgehead atoms. The van der Waals surface area contributed by atoms with Crippen molar-refractivity contribution < 1.29 is 9.53 Å². The molecule has 0 spiro atoms. The van der Waals surface area contributed by atoms with E-state index in [1.165, 1.54) is 5.56 Å². The zero-order chi connectivity index (χ0) is 15.5. The number of para-hydroxylation sites is 1. The van der Waals surface area contributed by atoms with Crippen molar-refractivity contribution in [3.05, 3.63) is 57.5 Å². The summed E-state index contributed by atoms with van der Waals surface area (Å²) in [5.74, 6) is 0.581. The minimum Gasteiger partial charge on any atom is -0.483 e. The topological polar surface area (TPSA) is 29.5 Å². The van der Waals surface area contributed by atoms with Crippen molar-refractivity contribution in [3.8, 4) is 5.75 Å². The van der Waals surface area contributed by atoms with E-state index in [0.717, 1.165) is 29.5 Å². The molecule has 1 amide bonds. The number of fused-ring (bicyclic) bond motifs is 1. The molecule has 22 heavy (non-hydrogen) atoms. The number of benzene rings is 2. The highest BCUT2D eigenvalue weighted by Crippen LogP contribution is 2.29. The Labute approximate surface area is 143 Å². The van der Waals surface area contributed by atoms with Crippen molar-refractivity contribution in [3.63, 3.8) is 0 Å². The molecule has 3 nitrogen and oxygen atoms in total. The molecule has 2 aromatic carbocycles. The molecule has 0 N–H and O–H groups in total. The van der Waals surface area contributed by atoms with Gasteiger partial charge in [-0.25, -0.2) is 0 Å². The molecular formula is C17H15BrClNO2. The minimum atomic E-state index is -0.0333. The SMILES string of the molecule is O=C(COc1ccc(Cl)cc1Br)N1CCCc2ccccc21. The fraction of sp³-hybridized carbons (Fsp3) is 0.235. The van der Waals surface area contributed by atoms with Crippen LogP contribution in [0.2, 0.25) is 5.02 Å². The van der Waals surface area contributed by atoms with Gasteiger partial charge in [-0.05, 0) is 58.6 Å². The Morgan fingerprint density at radius 2 is 2.09 bits per heavy atom. The quantitative estimate of drug-likeness (QED) is 0.787. The van der Waals surface area contributed by atoms with E-state index in [0.29, 0.717) is 10.8 Å². The Morgan fingerprint density at radius 1 is 1.27 bits per heavy atom. The smallest absolute Gasteiger partial charge is 0.264 e. The van der Waals surface area contributed by atoms with Crippen LogP contribution in [0.5, 0.6) is 5.75 Å². The van der Waals surface area contributed by atoms with Crippen LogP contribution in [-0.2, 0) is 11.2 Å². The highest BCUT2D eigenvalue weighted by Gasteiger charge is 2.22. The van der Waals surface area contributed by atoms with E-state index in [1.54, 1.807) is 18.2 Å². The Hall–Kier alpha value is -1.52. The van der Waals surface area contributed by atoms with Gasteiger partial charge in [0, 0.05) is 17.3 Å². The summed E-state index contributed by atoms with van der Waals surface area (Å²) < 4.78 is 6.37. The van der Waals surface area contributed by atoms with Crippen LogP contribution in [0.3, 0.4) is 0 Å². The normalized spacial score (nSPS) is 13.6. The van der Waals surface area contributed by atoms with Gasteiger partial charge < -0.3 is 9.64 Å². The van der Waals surface area contributed by atoms with Crippen LogP contribution in [0.15, 0.2) is 46.9 Å². The van der Waals surface area contributed by atoms with Gasteiger partial charge in [-0.15, -0.1) is 0 Å². The average molecular weight is 381 g/mol. The minimum absolute atomic E-state index is 0.00850. The van der Waals surface area contributed by atoms with Crippen LogP contribution in [0.25, 0.3) is 0 Å². The standard InChI is InChI=1S/C17H15BrClNO2/c18-14-10-13(19)7-8-16(14)22-11-17(21)20-9-3-5-12-4-1-2-6-15(12)20/h1-2,4,6-8,10H,3,5,9,11H2. The summed E-state index contributed by atoms with van der Waals surface area (Å²) in [6, 6.07) is 13.3. The summed E-state index contributed by atoms with van der Waals surface area (Å²) in [7, 11) is 0. The first kappa shape index (κ1) is 15.4. The lowest BCUT2D eigenvalue weighted by atomic mass is 10.0. The predicted octanol–water partition coefficient (Wildman–Crippen LogP) is 4.46. The second kappa shape index (κ2) is 6.71. The highest BCUT2D eigenvalue weighted by atomic mass is 79.9. The van der Waals surface area contributed by atoms with Gasteiger partial charge in [0.05, 0.1) is 4.47 Å². The van der Waals surface area contributed by atoms with E-state index >= 15 is 0 Å². The van der Waals surface area contributed by atoms with E-state index in [-0.39, 0.29) is 12.5 Å². The number of anilines is 1. The third kappa shape index (κ3) is 3.28. The fourth-order valence-corrected chi connectivity index (χ4v) is 3.40. The number of nitrogens with zero attached hydrogens (tertiary/aromatic N) is 1. The molecule has 0 unspecified atom stereocenters. The number of carbonyl (C=O) groups is 1. The molecular weight excluding hydrogens is 366 g/mol. The number of ether oxygens (including phenoxy) is 1. The zero-order valence-electron chi connectivity index (χ0n) is 11.9. The molecule has 0 fully saturated rings. The molecule has 0 radical (unpaired) electrons. The van der Waals surface area contributed by atoms with Crippen LogP contribution in [0.4, 0.5) is 5.69 Å². The molecule has 0 saturated carbocycles. The van der Waals surface area contributed by atoms with Crippen molar-refractivity contribution in [1.82, 2.24) is 0 Å². The number of carbonyl (C=O) groups excluding carboxylic acids is 1. The van der Waals surface area contributed by atoms with Gasteiger partial charge in [0.15, 0.2) is 6.61 Å². The highest BCUT2D eigenvalue weighted by molar-refractivity contribution is 9.10. The second-order valence-corrected chi connectivity index (χ2v) is 6.43. The maximum absolute atomic E-state index is 12.5. The molecule has 1 heterocycles. The van der Waals surface area contributed by atoms with Gasteiger partial charge >= 0.3 is 0 Å². The molecule has 0 aliphatic carbocycles. The maximum atomic E-state index is 12.5. The zero-order valence-corrected chi connectivity index (χ0v) is 14.2. The lowest BCUT2D eigenvalue weighted by Crippen LogP contribution is -2.38. The van der Waals surface area contributed by atoms with Crippen molar-refractivity contribution in [2.75, 3.05) is 18.1 Å². The van der Waals surface area contributed by atoms with Gasteiger partial charge in [-0.2, -0.15) is 0 Å². The lowest BCUT2D eigenvalue weighted by molar-refractivity contribution is -0.120. The molecule has 0 aromatic heterocycles. The number of hydrogen-bond acceptors (Lipinski definition) is 2. The summed E-state index contributed by atoms with van der Waals surface area (Å²) in [5, 5.41) is 0.621. The van der Waals surface area contributed by atoms with Crippen molar-refractivity contribution in [1.29, 1.82) is 0 Å². The summed E-state index contributed by atoms with van der Waals surface area (Å²) in [6.45, 7) is 0.746. The second-order valence-electron chi connectivity index (χ2n) is 5.14. The molecule has 5 heteroatoms. The Bertz CT molecular complexity index is 705. The predicted molar refractivity (Wildman–Crippen MR) is 91.8 cm³/mol. The Kier molecular flexibility index (Phi) is 4.69. The van der Waals surface area contributed by atoms with Crippen LogP contribution >= 0.6 is 27.5 Å². The van der Waals surface area contributed by atoms with Crippen molar-refractivity contribution in [2.24, 2.45) is 0 Å². The number of rotatable bonds is 3. The number of amides is 1. The van der Waals surface area contributed by atoms with E-state index in [2.05, 4.69) is 22.0 Å². The molecule has 3 rings (SSSR count). The Morgan fingerprint density at radius 3 is 2.91 bits per heavy atom. The van der Waals surface area contributed by atoms with Gasteiger partial charge in [0.2, 0.25) is 0 Å². The molecule has 1 aliphatic rings. The van der Waals surface area contributed by atoms with Gasteiger partial charge in [-0.3, -0.25) is 4.79 Å². The van der Waals surface area contributed by atoms with Crippen LogP contribution in [-0.4, -0.2) is 19.1 Å². The van der Waals surface area contributed by atoms with E-state index < -0.39 is 0 Å². The van der Waals surface area contributed by atoms with Gasteiger partial charge in [0.1, 0.15) is 5.75 Å².